The molecule has 0 unspecified atom stereocenters. The van der Waals surface area contributed by atoms with Gasteiger partial charge in [-0.25, -0.2) is 4.39 Å². The summed E-state index contributed by atoms with van der Waals surface area (Å²) in [5.41, 5.74) is 2.09. The Bertz CT molecular complexity index is 950. The quantitative estimate of drug-likeness (QED) is 0.671. The molecule has 1 amide bonds. The SMILES string of the molecule is COc1cccc(Nc2ccnc(C(=O)Nc3ccc(F)c(Cl)c3)c2)c1. The van der Waals surface area contributed by atoms with E-state index in [4.69, 9.17) is 16.3 Å². The van der Waals surface area contributed by atoms with Crippen LogP contribution < -0.4 is 15.4 Å². The van der Waals surface area contributed by atoms with Crippen LogP contribution in [0.5, 0.6) is 5.75 Å². The number of carbonyl (C=O) groups is 1. The molecule has 1 aromatic heterocycles. The summed E-state index contributed by atoms with van der Waals surface area (Å²) in [6.07, 6.45) is 1.52. The maximum absolute atomic E-state index is 13.2. The highest BCUT2D eigenvalue weighted by Gasteiger charge is 2.10. The van der Waals surface area contributed by atoms with Crippen LogP contribution in [-0.4, -0.2) is 18.0 Å². The first-order valence-corrected chi connectivity index (χ1v) is 8.06. The van der Waals surface area contributed by atoms with Crippen LogP contribution in [0.15, 0.2) is 60.8 Å². The largest absolute Gasteiger partial charge is 0.497 e. The number of rotatable bonds is 5. The lowest BCUT2D eigenvalue weighted by atomic mass is 10.2. The highest BCUT2D eigenvalue weighted by atomic mass is 35.5. The van der Waals surface area contributed by atoms with Crippen LogP contribution in [0.4, 0.5) is 21.5 Å². The third kappa shape index (κ3) is 4.29. The molecule has 132 valence electrons. The molecule has 0 saturated heterocycles. The second-order valence-electron chi connectivity index (χ2n) is 5.37. The topological polar surface area (TPSA) is 63.2 Å². The summed E-state index contributed by atoms with van der Waals surface area (Å²) in [4.78, 5) is 16.4. The molecule has 0 aliphatic heterocycles. The highest BCUT2D eigenvalue weighted by Crippen LogP contribution is 2.22. The van der Waals surface area contributed by atoms with Gasteiger partial charge in [-0.1, -0.05) is 17.7 Å². The van der Waals surface area contributed by atoms with Crippen molar-refractivity contribution in [3.8, 4) is 5.75 Å². The predicted octanol–water partition coefficient (Wildman–Crippen LogP) is 4.88. The number of amides is 1. The molecule has 0 spiro atoms. The summed E-state index contributed by atoms with van der Waals surface area (Å²) in [6, 6.07) is 14.7. The average molecular weight is 372 g/mol. The van der Waals surface area contributed by atoms with E-state index in [1.165, 1.54) is 24.4 Å². The molecule has 3 aromatic rings. The molecule has 2 N–H and O–H groups in total. The van der Waals surface area contributed by atoms with Crippen LogP contribution >= 0.6 is 11.6 Å². The van der Waals surface area contributed by atoms with Crippen LogP contribution in [0.3, 0.4) is 0 Å². The Hall–Kier alpha value is -3.12. The van der Waals surface area contributed by atoms with E-state index in [-0.39, 0.29) is 10.7 Å². The van der Waals surface area contributed by atoms with Crippen molar-refractivity contribution in [3.05, 3.63) is 77.3 Å². The highest BCUT2D eigenvalue weighted by molar-refractivity contribution is 6.31. The molecule has 0 saturated carbocycles. The number of nitrogens with one attached hydrogen (secondary N) is 2. The first-order valence-electron chi connectivity index (χ1n) is 7.69. The average Bonchev–Trinajstić information content (AvgIpc) is 2.65. The minimum absolute atomic E-state index is 0.0656. The van der Waals surface area contributed by atoms with Crippen LogP contribution in [0, 0.1) is 5.82 Å². The van der Waals surface area contributed by atoms with E-state index < -0.39 is 11.7 Å². The van der Waals surface area contributed by atoms with Gasteiger partial charge in [0, 0.05) is 29.3 Å². The Morgan fingerprint density at radius 2 is 1.88 bits per heavy atom. The zero-order valence-electron chi connectivity index (χ0n) is 13.8. The van der Waals surface area contributed by atoms with E-state index >= 15 is 0 Å². The monoisotopic (exact) mass is 371 g/mol. The molecule has 3 rings (SSSR count). The number of pyridine rings is 1. The molecule has 2 aromatic carbocycles. The van der Waals surface area contributed by atoms with Gasteiger partial charge in [0.15, 0.2) is 0 Å². The molecule has 7 heteroatoms. The van der Waals surface area contributed by atoms with Gasteiger partial charge in [-0.3, -0.25) is 9.78 Å². The number of ether oxygens (including phenoxy) is 1. The fourth-order valence-corrected chi connectivity index (χ4v) is 2.45. The standard InChI is InChI=1S/C19H15ClFN3O2/c1-26-15-4-2-3-12(9-15)23-14-7-8-22-18(11-14)19(25)24-13-5-6-17(21)16(20)10-13/h2-11H,1H3,(H,22,23)(H,24,25). The van der Waals surface area contributed by atoms with Gasteiger partial charge < -0.3 is 15.4 Å². The van der Waals surface area contributed by atoms with E-state index in [0.29, 0.717) is 11.4 Å². The summed E-state index contributed by atoms with van der Waals surface area (Å²) in [7, 11) is 1.59. The Morgan fingerprint density at radius 1 is 1.08 bits per heavy atom. The van der Waals surface area contributed by atoms with Crippen molar-refractivity contribution in [3.63, 3.8) is 0 Å². The van der Waals surface area contributed by atoms with Crippen molar-refractivity contribution in [2.75, 3.05) is 17.7 Å². The third-order valence-corrected chi connectivity index (χ3v) is 3.82. The van der Waals surface area contributed by atoms with Crippen LogP contribution in [0.1, 0.15) is 10.5 Å². The number of aromatic nitrogens is 1. The maximum Gasteiger partial charge on any atom is 0.274 e. The molecule has 26 heavy (non-hydrogen) atoms. The molecule has 1 heterocycles. The van der Waals surface area contributed by atoms with Gasteiger partial charge in [-0.05, 0) is 42.5 Å². The van der Waals surface area contributed by atoms with Gasteiger partial charge in [0.2, 0.25) is 0 Å². The van der Waals surface area contributed by atoms with Gasteiger partial charge in [0.1, 0.15) is 17.3 Å². The number of nitrogens with zero attached hydrogens (tertiary/aromatic N) is 1. The van der Waals surface area contributed by atoms with E-state index in [2.05, 4.69) is 15.6 Å². The molecular formula is C19H15ClFN3O2. The van der Waals surface area contributed by atoms with Gasteiger partial charge in [-0.15, -0.1) is 0 Å². The van der Waals surface area contributed by atoms with Crippen molar-refractivity contribution in [2.24, 2.45) is 0 Å². The van der Waals surface area contributed by atoms with Crippen molar-refractivity contribution >= 4 is 34.6 Å². The molecule has 0 radical (unpaired) electrons. The number of hydrogen-bond acceptors (Lipinski definition) is 4. The summed E-state index contributed by atoms with van der Waals surface area (Å²) >= 11 is 5.72. The lowest BCUT2D eigenvalue weighted by Gasteiger charge is -2.10. The van der Waals surface area contributed by atoms with Crippen molar-refractivity contribution in [1.29, 1.82) is 0 Å². The van der Waals surface area contributed by atoms with Crippen LogP contribution in [0.25, 0.3) is 0 Å². The van der Waals surface area contributed by atoms with E-state index in [0.717, 1.165) is 11.4 Å². The summed E-state index contributed by atoms with van der Waals surface area (Å²) in [6.45, 7) is 0. The Labute approximate surface area is 154 Å². The lowest BCUT2D eigenvalue weighted by Crippen LogP contribution is -2.13. The molecule has 0 fully saturated rings. The molecule has 0 atom stereocenters. The van der Waals surface area contributed by atoms with Gasteiger partial charge in [-0.2, -0.15) is 0 Å². The van der Waals surface area contributed by atoms with Gasteiger partial charge >= 0.3 is 0 Å². The maximum atomic E-state index is 13.2. The fraction of sp³-hybridized carbons (Fsp3) is 0.0526. The smallest absolute Gasteiger partial charge is 0.274 e. The second kappa shape index (κ2) is 7.84. The van der Waals surface area contributed by atoms with Crippen LogP contribution in [-0.2, 0) is 0 Å². The number of hydrogen-bond donors (Lipinski definition) is 2. The number of halogens is 2. The fourth-order valence-electron chi connectivity index (χ4n) is 2.27. The Kier molecular flexibility index (Phi) is 5.34. The first kappa shape index (κ1) is 17.7. The van der Waals surface area contributed by atoms with Crippen molar-refractivity contribution in [2.45, 2.75) is 0 Å². The van der Waals surface area contributed by atoms with Crippen molar-refractivity contribution in [1.82, 2.24) is 4.98 Å². The normalized spacial score (nSPS) is 10.3. The molecule has 0 aliphatic carbocycles. The summed E-state index contributed by atoms with van der Waals surface area (Å²) in [5, 5.41) is 5.75. The summed E-state index contributed by atoms with van der Waals surface area (Å²) in [5.74, 6) is -0.260. The number of carbonyl (C=O) groups excluding carboxylic acids is 1. The zero-order valence-corrected chi connectivity index (χ0v) is 14.5. The van der Waals surface area contributed by atoms with Gasteiger partial charge in [0.05, 0.1) is 12.1 Å². The Morgan fingerprint density at radius 3 is 2.65 bits per heavy atom. The minimum atomic E-state index is -0.549. The van der Waals surface area contributed by atoms with E-state index in [1.54, 1.807) is 19.2 Å². The second-order valence-corrected chi connectivity index (χ2v) is 5.78. The molecular weight excluding hydrogens is 357 g/mol. The minimum Gasteiger partial charge on any atom is -0.497 e. The summed E-state index contributed by atoms with van der Waals surface area (Å²) < 4.78 is 18.4. The lowest BCUT2D eigenvalue weighted by molar-refractivity contribution is 0.102. The number of benzene rings is 2. The van der Waals surface area contributed by atoms with Crippen molar-refractivity contribution < 1.29 is 13.9 Å². The Balaban J connectivity index is 1.75. The molecule has 5 nitrogen and oxygen atoms in total. The van der Waals surface area contributed by atoms with E-state index in [9.17, 15) is 9.18 Å². The first-order chi connectivity index (χ1) is 12.5. The predicted molar refractivity (Wildman–Crippen MR) is 99.9 cm³/mol. The zero-order chi connectivity index (χ0) is 18.5. The van der Waals surface area contributed by atoms with E-state index in [1.807, 2.05) is 24.3 Å². The molecule has 0 bridgehead atoms. The van der Waals surface area contributed by atoms with Gasteiger partial charge in [0.25, 0.3) is 5.91 Å². The number of methoxy groups -OCH3 is 1. The molecule has 0 aliphatic rings. The third-order valence-electron chi connectivity index (χ3n) is 3.53. The van der Waals surface area contributed by atoms with Crippen LogP contribution in [0.2, 0.25) is 5.02 Å². The number of anilines is 3.